The minimum atomic E-state index is -0.277. The lowest BCUT2D eigenvalue weighted by Crippen LogP contribution is -2.13. The zero-order valence-electron chi connectivity index (χ0n) is 12.8. The summed E-state index contributed by atoms with van der Waals surface area (Å²) in [4.78, 5) is 23.4. The van der Waals surface area contributed by atoms with Crippen LogP contribution in [0.2, 0.25) is 0 Å². The van der Waals surface area contributed by atoms with Gasteiger partial charge < -0.3 is 14.3 Å². The molecule has 0 aliphatic carbocycles. The normalized spacial score (nSPS) is 11.3. The molecule has 0 aliphatic heterocycles. The van der Waals surface area contributed by atoms with Crippen LogP contribution < -0.4 is 10.3 Å². The number of nitrogens with one attached hydrogen (secondary N) is 1. The highest BCUT2D eigenvalue weighted by Gasteiger charge is 2.12. The molecule has 0 saturated carbocycles. The van der Waals surface area contributed by atoms with E-state index in [1.165, 1.54) is 0 Å². The summed E-state index contributed by atoms with van der Waals surface area (Å²) < 4.78 is 7.03. The third-order valence-electron chi connectivity index (χ3n) is 3.56. The van der Waals surface area contributed by atoms with E-state index >= 15 is 0 Å². The van der Waals surface area contributed by atoms with E-state index < -0.39 is 0 Å². The Balaban J connectivity index is 2.02. The minimum absolute atomic E-state index is 0.223. The van der Waals surface area contributed by atoms with Crippen LogP contribution in [0.25, 0.3) is 11.2 Å². The average molecular weight is 298 g/mol. The molecule has 3 rings (SSSR count). The van der Waals surface area contributed by atoms with E-state index in [4.69, 9.17) is 4.74 Å². The van der Waals surface area contributed by atoms with Gasteiger partial charge in [0.1, 0.15) is 17.9 Å². The van der Waals surface area contributed by atoms with Crippen LogP contribution in [0.4, 0.5) is 0 Å². The van der Waals surface area contributed by atoms with Gasteiger partial charge in [-0.3, -0.25) is 4.79 Å². The molecule has 0 bridgehead atoms. The monoisotopic (exact) mass is 298 g/mol. The Labute approximate surface area is 127 Å². The predicted molar refractivity (Wildman–Crippen MR) is 84.3 cm³/mol. The summed E-state index contributed by atoms with van der Waals surface area (Å²) in [5, 5.41) is 0. The van der Waals surface area contributed by atoms with Crippen molar-refractivity contribution in [2.75, 3.05) is 7.11 Å². The second kappa shape index (κ2) is 5.63. The van der Waals surface area contributed by atoms with Crippen molar-refractivity contribution in [1.82, 2.24) is 19.5 Å². The first-order chi connectivity index (χ1) is 10.6. The van der Waals surface area contributed by atoms with E-state index in [0.717, 1.165) is 17.1 Å². The molecule has 1 N–H and O–H groups in total. The maximum Gasteiger partial charge on any atom is 0.298 e. The molecule has 0 aliphatic rings. The van der Waals surface area contributed by atoms with Crippen molar-refractivity contribution >= 4 is 11.2 Å². The zero-order valence-corrected chi connectivity index (χ0v) is 12.8. The van der Waals surface area contributed by atoms with Crippen molar-refractivity contribution in [1.29, 1.82) is 0 Å². The van der Waals surface area contributed by atoms with E-state index in [1.807, 2.05) is 42.7 Å². The molecule has 1 aromatic carbocycles. The van der Waals surface area contributed by atoms with Gasteiger partial charge in [0.25, 0.3) is 5.56 Å². The van der Waals surface area contributed by atoms with Gasteiger partial charge in [0.15, 0.2) is 11.2 Å². The molecule has 0 atom stereocenters. The highest BCUT2D eigenvalue weighted by Crippen LogP contribution is 2.16. The predicted octanol–water partition coefficient (Wildman–Crippen LogP) is 2.30. The fourth-order valence-electron chi connectivity index (χ4n) is 2.30. The fourth-order valence-corrected chi connectivity index (χ4v) is 2.30. The van der Waals surface area contributed by atoms with Gasteiger partial charge in [-0.1, -0.05) is 26.0 Å². The lowest BCUT2D eigenvalue weighted by atomic mass is 10.2. The number of ether oxygens (including phenoxy) is 1. The maximum absolute atomic E-state index is 11.9. The van der Waals surface area contributed by atoms with Crippen LogP contribution in [0.15, 0.2) is 35.4 Å². The summed E-state index contributed by atoms with van der Waals surface area (Å²) in [6.07, 6.45) is 1.54. The molecule has 6 heteroatoms. The van der Waals surface area contributed by atoms with E-state index in [1.54, 1.807) is 13.4 Å². The van der Waals surface area contributed by atoms with Crippen molar-refractivity contribution in [2.24, 2.45) is 0 Å². The van der Waals surface area contributed by atoms with Gasteiger partial charge in [-0.15, -0.1) is 0 Å². The summed E-state index contributed by atoms with van der Waals surface area (Å²) in [6.45, 7) is 4.66. The second-order valence-electron chi connectivity index (χ2n) is 5.50. The average Bonchev–Trinajstić information content (AvgIpc) is 2.97. The van der Waals surface area contributed by atoms with Crippen LogP contribution >= 0.6 is 0 Å². The van der Waals surface area contributed by atoms with E-state index in [-0.39, 0.29) is 11.5 Å². The smallest absolute Gasteiger partial charge is 0.298 e. The number of aromatic nitrogens is 4. The topological polar surface area (TPSA) is 72.8 Å². The molecule has 0 unspecified atom stereocenters. The minimum Gasteiger partial charge on any atom is -0.497 e. The van der Waals surface area contributed by atoms with E-state index in [2.05, 4.69) is 15.0 Å². The van der Waals surface area contributed by atoms with Crippen molar-refractivity contribution in [3.63, 3.8) is 0 Å². The largest absolute Gasteiger partial charge is 0.497 e. The van der Waals surface area contributed by atoms with Crippen LogP contribution in [-0.4, -0.2) is 26.6 Å². The number of fused-ring (bicyclic) bond motifs is 1. The Bertz CT molecular complexity index is 847. The number of nitrogens with zero attached hydrogens (tertiary/aromatic N) is 3. The maximum atomic E-state index is 11.9. The van der Waals surface area contributed by atoms with Crippen molar-refractivity contribution in [3.8, 4) is 5.75 Å². The van der Waals surface area contributed by atoms with Gasteiger partial charge >= 0.3 is 0 Å². The molecule has 0 fully saturated rings. The molecular weight excluding hydrogens is 280 g/mol. The number of hydrogen-bond acceptors (Lipinski definition) is 4. The van der Waals surface area contributed by atoms with Gasteiger partial charge in [0.2, 0.25) is 0 Å². The highest BCUT2D eigenvalue weighted by molar-refractivity contribution is 5.69. The van der Waals surface area contributed by atoms with Gasteiger partial charge in [-0.05, 0) is 17.7 Å². The quantitative estimate of drug-likeness (QED) is 0.802. The molecule has 0 saturated heterocycles. The molecule has 114 valence electrons. The highest BCUT2D eigenvalue weighted by atomic mass is 16.5. The van der Waals surface area contributed by atoms with Crippen LogP contribution in [0.3, 0.4) is 0 Å². The fraction of sp³-hybridized carbons (Fsp3) is 0.312. The van der Waals surface area contributed by atoms with Gasteiger partial charge in [-0.25, -0.2) is 4.98 Å². The third kappa shape index (κ3) is 2.59. The van der Waals surface area contributed by atoms with Crippen LogP contribution in [0, 0.1) is 0 Å². The first-order valence-electron chi connectivity index (χ1n) is 7.16. The van der Waals surface area contributed by atoms with E-state index in [0.29, 0.717) is 17.7 Å². The van der Waals surface area contributed by atoms with Gasteiger partial charge in [0.05, 0.1) is 13.7 Å². The molecule has 22 heavy (non-hydrogen) atoms. The summed E-state index contributed by atoms with van der Waals surface area (Å²) in [5.41, 5.74) is 1.90. The Morgan fingerprint density at radius 3 is 2.64 bits per heavy atom. The number of hydrogen-bond donors (Lipinski definition) is 1. The standard InChI is InChI=1S/C16H18N4O2/c1-10(2)14-18-13-15(19-14)20(9-17-16(13)21)8-11-4-6-12(22-3)7-5-11/h4-7,9-10H,8H2,1-3H3,(H,18,19). The summed E-state index contributed by atoms with van der Waals surface area (Å²) in [5.74, 6) is 1.83. The molecule has 6 nitrogen and oxygen atoms in total. The van der Waals surface area contributed by atoms with E-state index in [9.17, 15) is 4.79 Å². The molecule has 0 radical (unpaired) electrons. The summed E-state index contributed by atoms with van der Waals surface area (Å²) in [7, 11) is 1.64. The van der Waals surface area contributed by atoms with Crippen molar-refractivity contribution in [3.05, 3.63) is 52.3 Å². The zero-order chi connectivity index (χ0) is 15.7. The second-order valence-corrected chi connectivity index (χ2v) is 5.50. The Kier molecular flexibility index (Phi) is 3.66. The summed E-state index contributed by atoms with van der Waals surface area (Å²) in [6, 6.07) is 7.79. The van der Waals surface area contributed by atoms with Crippen LogP contribution in [0.5, 0.6) is 5.75 Å². The molecule has 2 heterocycles. The number of imidazole rings is 1. The molecular formula is C16H18N4O2. The number of methoxy groups -OCH3 is 1. The number of H-pyrrole nitrogens is 1. The van der Waals surface area contributed by atoms with Gasteiger partial charge in [-0.2, -0.15) is 4.98 Å². The Morgan fingerprint density at radius 1 is 1.27 bits per heavy atom. The summed E-state index contributed by atoms with van der Waals surface area (Å²) >= 11 is 0. The van der Waals surface area contributed by atoms with Crippen molar-refractivity contribution < 1.29 is 4.74 Å². The number of rotatable bonds is 4. The lowest BCUT2D eigenvalue weighted by Gasteiger charge is -2.07. The Hall–Kier alpha value is -2.63. The van der Waals surface area contributed by atoms with Crippen LogP contribution in [0.1, 0.15) is 31.2 Å². The Morgan fingerprint density at radius 2 is 2.00 bits per heavy atom. The first-order valence-corrected chi connectivity index (χ1v) is 7.16. The van der Waals surface area contributed by atoms with Crippen molar-refractivity contribution in [2.45, 2.75) is 26.3 Å². The molecule has 0 spiro atoms. The number of aromatic amines is 1. The SMILES string of the molecule is COc1ccc(Cn2cnc(=O)c3[nH]c(C(C)C)nc32)cc1. The lowest BCUT2D eigenvalue weighted by molar-refractivity contribution is 0.414. The third-order valence-corrected chi connectivity index (χ3v) is 3.56. The molecule has 0 amide bonds. The molecule has 3 aromatic rings. The van der Waals surface area contributed by atoms with Crippen LogP contribution in [-0.2, 0) is 6.54 Å². The first kappa shape index (κ1) is 14.3. The number of benzene rings is 1. The van der Waals surface area contributed by atoms with Gasteiger partial charge in [0, 0.05) is 5.92 Å². The molecule has 2 aromatic heterocycles.